The Labute approximate surface area is 93.6 Å². The summed E-state index contributed by atoms with van der Waals surface area (Å²) in [6.07, 6.45) is 2.16. The Bertz CT molecular complexity index is 539. The van der Waals surface area contributed by atoms with Crippen LogP contribution in [0, 0.1) is 11.3 Å². The van der Waals surface area contributed by atoms with Crippen LogP contribution in [0.1, 0.15) is 18.0 Å². The highest BCUT2D eigenvalue weighted by Gasteiger charge is 2.11. The fourth-order valence-corrected chi connectivity index (χ4v) is 1.76. The lowest BCUT2D eigenvalue weighted by Gasteiger charge is -2.06. The number of rotatable bonds is 3. The van der Waals surface area contributed by atoms with E-state index in [-0.39, 0.29) is 6.04 Å². The van der Waals surface area contributed by atoms with Gasteiger partial charge in [-0.1, -0.05) is 0 Å². The first-order chi connectivity index (χ1) is 7.76. The molecule has 16 heavy (non-hydrogen) atoms. The smallest absolute Gasteiger partial charge is 0.119 e. The molecule has 0 unspecified atom stereocenters. The van der Waals surface area contributed by atoms with Gasteiger partial charge in [0, 0.05) is 23.1 Å². The molecule has 82 valence electrons. The highest BCUT2D eigenvalue weighted by molar-refractivity contribution is 5.85. The highest BCUT2D eigenvalue weighted by Crippen LogP contribution is 2.27. The van der Waals surface area contributed by atoms with Crippen LogP contribution in [0.15, 0.2) is 24.4 Å². The molecule has 2 rings (SSSR count). The van der Waals surface area contributed by atoms with E-state index >= 15 is 0 Å². The Morgan fingerprint density at radius 1 is 1.56 bits per heavy atom. The average Bonchev–Trinajstić information content (AvgIpc) is 2.71. The molecule has 0 aliphatic carbocycles. The third-order valence-electron chi connectivity index (χ3n) is 2.63. The molecule has 0 saturated carbocycles. The van der Waals surface area contributed by atoms with Crippen molar-refractivity contribution in [3.63, 3.8) is 0 Å². The molecule has 1 aromatic carbocycles. The van der Waals surface area contributed by atoms with Crippen LogP contribution in [0.5, 0.6) is 5.75 Å². The van der Waals surface area contributed by atoms with Crippen molar-refractivity contribution in [2.24, 2.45) is 5.73 Å². The van der Waals surface area contributed by atoms with E-state index in [4.69, 9.17) is 15.7 Å². The monoisotopic (exact) mass is 215 g/mol. The zero-order valence-electron chi connectivity index (χ0n) is 9.03. The number of H-pyrrole nitrogens is 1. The average molecular weight is 215 g/mol. The van der Waals surface area contributed by atoms with Crippen molar-refractivity contribution in [2.75, 3.05) is 7.11 Å². The molecule has 1 atom stereocenters. The Hall–Kier alpha value is -1.99. The maximum atomic E-state index is 8.64. The second-order valence-corrected chi connectivity index (χ2v) is 3.62. The molecule has 0 spiro atoms. The minimum Gasteiger partial charge on any atom is -0.497 e. The lowest BCUT2D eigenvalue weighted by Crippen LogP contribution is -2.08. The van der Waals surface area contributed by atoms with E-state index in [2.05, 4.69) is 11.1 Å². The summed E-state index contributed by atoms with van der Waals surface area (Å²) in [6.45, 7) is 0. The fraction of sp³-hybridized carbons (Fsp3) is 0.250. The number of hydrogen-bond donors (Lipinski definition) is 2. The van der Waals surface area contributed by atoms with Crippen molar-refractivity contribution in [3.05, 3.63) is 30.0 Å². The summed E-state index contributed by atoms with van der Waals surface area (Å²) in [7, 11) is 1.63. The van der Waals surface area contributed by atoms with Crippen LogP contribution in [0.4, 0.5) is 0 Å². The van der Waals surface area contributed by atoms with Gasteiger partial charge in [0.15, 0.2) is 0 Å². The van der Waals surface area contributed by atoms with Gasteiger partial charge in [-0.15, -0.1) is 0 Å². The number of nitriles is 1. The first-order valence-electron chi connectivity index (χ1n) is 5.04. The molecule has 0 amide bonds. The van der Waals surface area contributed by atoms with Gasteiger partial charge < -0.3 is 15.5 Å². The number of aromatic nitrogens is 1. The number of hydrogen-bond acceptors (Lipinski definition) is 3. The largest absolute Gasteiger partial charge is 0.497 e. The standard InChI is InChI=1S/C12H13N3O/c1-16-8-2-3-12-9(6-8)10(7-15-12)11(14)4-5-13/h2-3,6-7,11,15H,4,14H2,1H3/t11-/m1/s1. The van der Waals surface area contributed by atoms with Crippen molar-refractivity contribution in [1.82, 2.24) is 4.98 Å². The SMILES string of the molecule is COc1ccc2[nH]cc([C@H](N)CC#N)c2c1. The van der Waals surface area contributed by atoms with Gasteiger partial charge in [-0.2, -0.15) is 5.26 Å². The summed E-state index contributed by atoms with van der Waals surface area (Å²) in [6, 6.07) is 7.58. The van der Waals surface area contributed by atoms with Gasteiger partial charge in [-0.3, -0.25) is 0 Å². The van der Waals surface area contributed by atoms with Crippen LogP contribution < -0.4 is 10.5 Å². The molecule has 2 aromatic rings. The Morgan fingerprint density at radius 3 is 3.06 bits per heavy atom. The van der Waals surface area contributed by atoms with Crippen molar-refractivity contribution >= 4 is 10.9 Å². The topological polar surface area (TPSA) is 74.8 Å². The maximum absolute atomic E-state index is 8.64. The molecule has 0 fully saturated rings. The molecule has 3 N–H and O–H groups in total. The van der Waals surface area contributed by atoms with Crippen LogP contribution in [0.3, 0.4) is 0 Å². The van der Waals surface area contributed by atoms with E-state index in [9.17, 15) is 0 Å². The van der Waals surface area contributed by atoms with Crippen LogP contribution >= 0.6 is 0 Å². The summed E-state index contributed by atoms with van der Waals surface area (Å²) >= 11 is 0. The molecular formula is C12H13N3O. The molecule has 0 saturated heterocycles. The molecule has 0 aliphatic heterocycles. The highest BCUT2D eigenvalue weighted by atomic mass is 16.5. The normalized spacial score (nSPS) is 12.3. The molecule has 4 heteroatoms. The van der Waals surface area contributed by atoms with Gasteiger partial charge in [0.05, 0.1) is 19.6 Å². The minimum absolute atomic E-state index is 0.258. The first kappa shape index (κ1) is 10.5. The third-order valence-corrected chi connectivity index (χ3v) is 2.63. The lowest BCUT2D eigenvalue weighted by atomic mass is 10.0. The van der Waals surface area contributed by atoms with Gasteiger partial charge in [0.2, 0.25) is 0 Å². The van der Waals surface area contributed by atoms with Gasteiger partial charge in [-0.05, 0) is 23.8 Å². The zero-order valence-corrected chi connectivity index (χ0v) is 9.03. The molecule has 0 radical (unpaired) electrons. The van der Waals surface area contributed by atoms with E-state index in [0.29, 0.717) is 6.42 Å². The fourth-order valence-electron chi connectivity index (χ4n) is 1.76. The predicted molar refractivity (Wildman–Crippen MR) is 62.0 cm³/mol. The minimum atomic E-state index is -0.258. The number of fused-ring (bicyclic) bond motifs is 1. The molecule has 0 aliphatic rings. The van der Waals surface area contributed by atoms with E-state index in [1.165, 1.54) is 0 Å². The lowest BCUT2D eigenvalue weighted by molar-refractivity contribution is 0.415. The number of nitrogens with zero attached hydrogens (tertiary/aromatic N) is 1. The molecule has 1 aromatic heterocycles. The first-order valence-corrected chi connectivity index (χ1v) is 5.04. The van der Waals surface area contributed by atoms with Gasteiger partial charge in [0.1, 0.15) is 5.75 Å². The van der Waals surface area contributed by atoms with Crippen molar-refractivity contribution < 1.29 is 4.74 Å². The summed E-state index contributed by atoms with van der Waals surface area (Å²) in [5.41, 5.74) is 7.88. The van der Waals surface area contributed by atoms with E-state index < -0.39 is 0 Å². The maximum Gasteiger partial charge on any atom is 0.119 e. The third kappa shape index (κ3) is 1.73. The Morgan fingerprint density at radius 2 is 2.38 bits per heavy atom. The zero-order chi connectivity index (χ0) is 11.5. The quantitative estimate of drug-likeness (QED) is 0.823. The number of aromatic amines is 1. The predicted octanol–water partition coefficient (Wildman–Crippen LogP) is 2.09. The summed E-state index contributed by atoms with van der Waals surface area (Å²) in [5, 5.41) is 9.66. The molecule has 4 nitrogen and oxygen atoms in total. The van der Waals surface area contributed by atoms with Crippen LogP contribution in [-0.4, -0.2) is 12.1 Å². The summed E-state index contributed by atoms with van der Waals surface area (Å²) in [5.74, 6) is 0.789. The Kier molecular flexibility index (Phi) is 2.80. The Balaban J connectivity index is 2.50. The number of ether oxygens (including phenoxy) is 1. The summed E-state index contributed by atoms with van der Waals surface area (Å²) < 4.78 is 5.17. The van der Waals surface area contributed by atoms with Crippen molar-refractivity contribution in [3.8, 4) is 11.8 Å². The van der Waals surface area contributed by atoms with Crippen molar-refractivity contribution in [1.29, 1.82) is 5.26 Å². The van der Waals surface area contributed by atoms with E-state index in [0.717, 1.165) is 22.2 Å². The van der Waals surface area contributed by atoms with Gasteiger partial charge in [-0.25, -0.2) is 0 Å². The number of benzene rings is 1. The van der Waals surface area contributed by atoms with Crippen LogP contribution in [0.25, 0.3) is 10.9 Å². The van der Waals surface area contributed by atoms with Gasteiger partial charge in [0.25, 0.3) is 0 Å². The second kappa shape index (κ2) is 4.25. The number of nitrogens with one attached hydrogen (secondary N) is 1. The number of nitrogens with two attached hydrogens (primary N) is 1. The van der Waals surface area contributed by atoms with E-state index in [1.807, 2.05) is 24.4 Å². The molecule has 0 bridgehead atoms. The number of methoxy groups -OCH3 is 1. The van der Waals surface area contributed by atoms with Crippen LogP contribution in [0.2, 0.25) is 0 Å². The summed E-state index contributed by atoms with van der Waals surface area (Å²) in [4.78, 5) is 3.13. The van der Waals surface area contributed by atoms with Crippen LogP contribution in [-0.2, 0) is 0 Å². The van der Waals surface area contributed by atoms with Gasteiger partial charge >= 0.3 is 0 Å². The van der Waals surface area contributed by atoms with E-state index in [1.54, 1.807) is 7.11 Å². The molecular weight excluding hydrogens is 202 g/mol. The van der Waals surface area contributed by atoms with Crippen molar-refractivity contribution in [2.45, 2.75) is 12.5 Å². The second-order valence-electron chi connectivity index (χ2n) is 3.62. The molecule has 1 heterocycles.